The van der Waals surface area contributed by atoms with Crippen molar-refractivity contribution in [2.45, 2.75) is 13.0 Å². The summed E-state index contributed by atoms with van der Waals surface area (Å²) >= 11 is 0. The number of hydrogen-bond acceptors (Lipinski definition) is 1. The van der Waals surface area contributed by atoms with Crippen LogP contribution in [-0.4, -0.2) is 4.98 Å². The zero-order chi connectivity index (χ0) is 9.42. The predicted octanol–water partition coefficient (Wildman–Crippen LogP) is 2.33. The molecule has 1 atom stereocenters. The van der Waals surface area contributed by atoms with E-state index in [1.165, 1.54) is 6.07 Å². The third-order valence-corrected chi connectivity index (χ3v) is 2.18. The molecule has 2 rings (SSSR count). The quantitative estimate of drug-likeness (QED) is 0.691. The Morgan fingerprint density at radius 2 is 2.23 bits per heavy atom. The summed E-state index contributed by atoms with van der Waals surface area (Å²) in [4.78, 5) is 2.99. The first-order valence-corrected chi connectivity index (χ1v) is 4.21. The largest absolute Gasteiger partial charge is 0.361 e. The minimum Gasteiger partial charge on any atom is -0.361 e. The maximum absolute atomic E-state index is 13.4. The molecular formula is C10H11FN2. The number of benzene rings is 1. The number of rotatable bonds is 1. The lowest BCUT2D eigenvalue weighted by molar-refractivity contribution is 0.637. The van der Waals surface area contributed by atoms with Crippen molar-refractivity contribution < 1.29 is 4.39 Å². The van der Waals surface area contributed by atoms with E-state index in [1.807, 2.05) is 13.0 Å². The van der Waals surface area contributed by atoms with Gasteiger partial charge in [-0.05, 0) is 24.6 Å². The Labute approximate surface area is 75.6 Å². The molecule has 0 spiro atoms. The molecule has 1 aromatic carbocycles. The highest BCUT2D eigenvalue weighted by atomic mass is 19.1. The average Bonchev–Trinajstić information content (AvgIpc) is 2.49. The molecule has 2 nitrogen and oxygen atoms in total. The summed E-state index contributed by atoms with van der Waals surface area (Å²) < 4.78 is 13.4. The van der Waals surface area contributed by atoms with E-state index in [9.17, 15) is 4.39 Å². The van der Waals surface area contributed by atoms with Gasteiger partial charge in [0.2, 0.25) is 0 Å². The number of aromatic amines is 1. The van der Waals surface area contributed by atoms with Crippen molar-refractivity contribution in [1.29, 1.82) is 0 Å². The van der Waals surface area contributed by atoms with Crippen LogP contribution in [0.25, 0.3) is 10.9 Å². The molecule has 0 bridgehead atoms. The van der Waals surface area contributed by atoms with Gasteiger partial charge in [0.05, 0.1) is 0 Å². The fourth-order valence-electron chi connectivity index (χ4n) is 1.52. The van der Waals surface area contributed by atoms with Gasteiger partial charge < -0.3 is 10.7 Å². The molecule has 1 aromatic heterocycles. The first kappa shape index (κ1) is 8.26. The van der Waals surface area contributed by atoms with Crippen LogP contribution in [0.4, 0.5) is 4.39 Å². The van der Waals surface area contributed by atoms with Crippen molar-refractivity contribution in [3.8, 4) is 0 Å². The van der Waals surface area contributed by atoms with Crippen LogP contribution in [0.5, 0.6) is 0 Å². The van der Waals surface area contributed by atoms with Gasteiger partial charge in [-0.25, -0.2) is 4.39 Å². The van der Waals surface area contributed by atoms with Crippen molar-refractivity contribution in [1.82, 2.24) is 4.98 Å². The summed E-state index contributed by atoms with van der Waals surface area (Å²) in [7, 11) is 0. The van der Waals surface area contributed by atoms with Crippen LogP contribution in [-0.2, 0) is 0 Å². The molecule has 2 aromatic rings. The topological polar surface area (TPSA) is 41.8 Å². The molecule has 0 radical (unpaired) electrons. The minimum absolute atomic E-state index is 0.148. The zero-order valence-corrected chi connectivity index (χ0v) is 7.34. The molecular weight excluding hydrogens is 167 g/mol. The van der Waals surface area contributed by atoms with Crippen molar-refractivity contribution in [2.75, 3.05) is 0 Å². The van der Waals surface area contributed by atoms with Crippen LogP contribution in [0, 0.1) is 5.82 Å². The van der Waals surface area contributed by atoms with E-state index in [0.717, 1.165) is 11.1 Å². The zero-order valence-electron chi connectivity index (χ0n) is 7.34. The highest BCUT2D eigenvalue weighted by Gasteiger charge is 2.10. The number of aromatic nitrogens is 1. The molecule has 3 N–H and O–H groups in total. The summed E-state index contributed by atoms with van der Waals surface area (Å²) in [6, 6.07) is 4.82. The van der Waals surface area contributed by atoms with Crippen LogP contribution in [0.2, 0.25) is 0 Å². The van der Waals surface area contributed by atoms with E-state index in [0.29, 0.717) is 5.39 Å². The number of halogens is 1. The highest BCUT2D eigenvalue weighted by molar-refractivity contribution is 5.84. The summed E-state index contributed by atoms with van der Waals surface area (Å²) in [5, 5.41) is 0.609. The second-order valence-electron chi connectivity index (χ2n) is 3.20. The monoisotopic (exact) mass is 178 g/mol. The van der Waals surface area contributed by atoms with Gasteiger partial charge in [-0.3, -0.25) is 0 Å². The molecule has 0 aliphatic rings. The highest BCUT2D eigenvalue weighted by Crippen LogP contribution is 2.24. The minimum atomic E-state index is -0.217. The summed E-state index contributed by atoms with van der Waals surface area (Å²) in [5.41, 5.74) is 7.33. The number of H-pyrrole nitrogens is 1. The van der Waals surface area contributed by atoms with Crippen LogP contribution in [0.15, 0.2) is 24.4 Å². The molecule has 0 amide bonds. The molecule has 0 saturated carbocycles. The van der Waals surface area contributed by atoms with Crippen LogP contribution < -0.4 is 5.73 Å². The maximum Gasteiger partial charge on any atom is 0.132 e. The van der Waals surface area contributed by atoms with Gasteiger partial charge in [0.25, 0.3) is 0 Å². The van der Waals surface area contributed by atoms with Crippen molar-refractivity contribution in [3.05, 3.63) is 35.8 Å². The van der Waals surface area contributed by atoms with E-state index >= 15 is 0 Å². The Hall–Kier alpha value is -1.35. The molecule has 3 heteroatoms. The van der Waals surface area contributed by atoms with E-state index in [-0.39, 0.29) is 11.9 Å². The van der Waals surface area contributed by atoms with Crippen molar-refractivity contribution in [2.24, 2.45) is 5.73 Å². The molecule has 0 aliphatic carbocycles. The smallest absolute Gasteiger partial charge is 0.132 e. The van der Waals surface area contributed by atoms with Crippen molar-refractivity contribution >= 4 is 10.9 Å². The van der Waals surface area contributed by atoms with Gasteiger partial charge in [0.15, 0.2) is 0 Å². The number of fused-ring (bicyclic) bond motifs is 1. The Bertz CT molecular complexity index is 431. The second kappa shape index (κ2) is 2.85. The Morgan fingerprint density at radius 3 is 2.92 bits per heavy atom. The first-order chi connectivity index (χ1) is 6.20. The van der Waals surface area contributed by atoms with Crippen LogP contribution in [0.1, 0.15) is 18.5 Å². The van der Waals surface area contributed by atoms with E-state index in [2.05, 4.69) is 4.98 Å². The molecule has 0 unspecified atom stereocenters. The predicted molar refractivity (Wildman–Crippen MR) is 50.9 cm³/mol. The summed E-state index contributed by atoms with van der Waals surface area (Å²) in [6.07, 6.45) is 1.76. The molecule has 68 valence electrons. The summed E-state index contributed by atoms with van der Waals surface area (Å²) in [6.45, 7) is 1.84. The fourth-order valence-corrected chi connectivity index (χ4v) is 1.52. The summed E-state index contributed by atoms with van der Waals surface area (Å²) in [5.74, 6) is -0.217. The molecule has 0 aliphatic heterocycles. The van der Waals surface area contributed by atoms with E-state index in [1.54, 1.807) is 12.3 Å². The SMILES string of the molecule is C[C@@H](N)c1c[nH]c2cccc(F)c12. The number of hydrogen-bond donors (Lipinski definition) is 2. The van der Waals surface area contributed by atoms with E-state index in [4.69, 9.17) is 5.73 Å². The van der Waals surface area contributed by atoms with Gasteiger partial charge in [0.1, 0.15) is 5.82 Å². The lowest BCUT2D eigenvalue weighted by atomic mass is 10.1. The first-order valence-electron chi connectivity index (χ1n) is 4.21. The fraction of sp³-hybridized carbons (Fsp3) is 0.200. The van der Waals surface area contributed by atoms with Gasteiger partial charge in [-0.1, -0.05) is 6.07 Å². The molecule has 0 fully saturated rings. The van der Waals surface area contributed by atoms with Gasteiger partial charge in [0, 0.05) is 23.1 Å². The second-order valence-corrected chi connectivity index (χ2v) is 3.20. The average molecular weight is 178 g/mol. The molecule has 1 heterocycles. The molecule has 13 heavy (non-hydrogen) atoms. The third-order valence-electron chi connectivity index (χ3n) is 2.18. The Morgan fingerprint density at radius 1 is 1.46 bits per heavy atom. The van der Waals surface area contributed by atoms with Gasteiger partial charge >= 0.3 is 0 Å². The normalized spacial score (nSPS) is 13.5. The van der Waals surface area contributed by atoms with Crippen LogP contribution in [0.3, 0.4) is 0 Å². The Balaban J connectivity index is 2.79. The van der Waals surface area contributed by atoms with Gasteiger partial charge in [-0.2, -0.15) is 0 Å². The lowest BCUT2D eigenvalue weighted by Crippen LogP contribution is -2.04. The Kier molecular flexibility index (Phi) is 1.81. The number of nitrogens with two attached hydrogens (primary N) is 1. The van der Waals surface area contributed by atoms with Crippen molar-refractivity contribution in [3.63, 3.8) is 0 Å². The maximum atomic E-state index is 13.4. The number of nitrogens with one attached hydrogen (secondary N) is 1. The molecule has 0 saturated heterocycles. The lowest BCUT2D eigenvalue weighted by Gasteiger charge is -2.02. The standard InChI is InChI=1S/C10H11FN2/c1-6(12)7-5-13-9-4-2-3-8(11)10(7)9/h2-6,13H,12H2,1H3/t6-/m1/s1. The van der Waals surface area contributed by atoms with Gasteiger partial charge in [-0.15, -0.1) is 0 Å². The van der Waals surface area contributed by atoms with Crippen LogP contribution >= 0.6 is 0 Å². The third kappa shape index (κ3) is 1.21. The van der Waals surface area contributed by atoms with E-state index < -0.39 is 0 Å².